The number of hydrogen-bond donors (Lipinski definition) is 2. The van der Waals surface area contributed by atoms with E-state index in [1.807, 2.05) is 6.92 Å². The maximum atomic E-state index is 12.3. The van der Waals surface area contributed by atoms with Gasteiger partial charge in [-0.15, -0.1) is 0 Å². The van der Waals surface area contributed by atoms with Crippen LogP contribution in [0.3, 0.4) is 0 Å². The highest BCUT2D eigenvalue weighted by molar-refractivity contribution is 6.01. The number of benzene rings is 1. The first-order valence-corrected chi connectivity index (χ1v) is 6.81. The first-order valence-electron chi connectivity index (χ1n) is 6.81. The van der Waals surface area contributed by atoms with Gasteiger partial charge >= 0.3 is 0 Å². The number of hydrogen-bond acceptors (Lipinski definition) is 4. The van der Waals surface area contributed by atoms with E-state index in [4.69, 9.17) is 0 Å². The Kier molecular flexibility index (Phi) is 5.96. The summed E-state index contributed by atoms with van der Waals surface area (Å²) in [5, 5.41) is 16.6. The molecule has 0 radical (unpaired) electrons. The molecule has 0 heterocycles. The summed E-state index contributed by atoms with van der Waals surface area (Å²) in [5.41, 5.74) is 0.460. The molecule has 1 unspecified atom stereocenters. The molecule has 0 bridgehead atoms. The van der Waals surface area contributed by atoms with Crippen molar-refractivity contribution in [2.24, 2.45) is 0 Å². The van der Waals surface area contributed by atoms with E-state index in [0.717, 1.165) is 19.3 Å². The quantitative estimate of drug-likeness (QED) is 0.593. The standard InChI is InChI=1S/C14H21N3O3/c1-4-7-10(5-2)16-14(18)11-8-6-9-12(17(19)20)13(11)15-3/h6,8-10,15H,4-5,7H2,1-3H3,(H,16,18). The minimum atomic E-state index is -0.494. The van der Waals surface area contributed by atoms with E-state index in [2.05, 4.69) is 17.6 Å². The third-order valence-electron chi connectivity index (χ3n) is 3.20. The Morgan fingerprint density at radius 3 is 2.60 bits per heavy atom. The van der Waals surface area contributed by atoms with Crippen molar-refractivity contribution in [3.8, 4) is 0 Å². The fourth-order valence-electron chi connectivity index (χ4n) is 2.13. The summed E-state index contributed by atoms with van der Waals surface area (Å²) in [6.45, 7) is 4.06. The zero-order valence-electron chi connectivity index (χ0n) is 12.1. The number of carbonyl (C=O) groups is 1. The van der Waals surface area contributed by atoms with Crippen molar-refractivity contribution in [1.29, 1.82) is 0 Å². The molecule has 2 N–H and O–H groups in total. The molecule has 1 rings (SSSR count). The van der Waals surface area contributed by atoms with E-state index in [0.29, 0.717) is 5.56 Å². The second-order valence-corrected chi connectivity index (χ2v) is 4.57. The Labute approximate surface area is 118 Å². The smallest absolute Gasteiger partial charge is 0.293 e. The van der Waals surface area contributed by atoms with Crippen molar-refractivity contribution in [2.75, 3.05) is 12.4 Å². The van der Waals surface area contributed by atoms with Crippen molar-refractivity contribution in [3.05, 3.63) is 33.9 Å². The van der Waals surface area contributed by atoms with Gasteiger partial charge in [-0.1, -0.05) is 26.3 Å². The molecule has 0 saturated heterocycles. The van der Waals surface area contributed by atoms with Crippen LogP contribution in [0.5, 0.6) is 0 Å². The van der Waals surface area contributed by atoms with Crippen LogP contribution in [0.2, 0.25) is 0 Å². The van der Waals surface area contributed by atoms with Crippen LogP contribution in [0.1, 0.15) is 43.5 Å². The topological polar surface area (TPSA) is 84.3 Å². The molecule has 1 aromatic rings. The molecular formula is C14H21N3O3. The van der Waals surface area contributed by atoms with E-state index in [-0.39, 0.29) is 23.3 Å². The number of para-hydroxylation sites is 1. The molecule has 1 amide bonds. The van der Waals surface area contributed by atoms with Crippen LogP contribution in [-0.2, 0) is 0 Å². The van der Waals surface area contributed by atoms with Gasteiger partial charge in [0.25, 0.3) is 11.6 Å². The lowest BCUT2D eigenvalue weighted by Gasteiger charge is -2.17. The number of nitro groups is 1. The second-order valence-electron chi connectivity index (χ2n) is 4.57. The van der Waals surface area contributed by atoms with Crippen LogP contribution in [-0.4, -0.2) is 23.9 Å². The van der Waals surface area contributed by atoms with Gasteiger partial charge in [0.05, 0.1) is 10.5 Å². The molecule has 0 aromatic heterocycles. The largest absolute Gasteiger partial charge is 0.382 e. The summed E-state index contributed by atoms with van der Waals surface area (Å²) < 4.78 is 0. The first kappa shape index (κ1) is 15.9. The predicted octanol–water partition coefficient (Wildman–Crippen LogP) is 2.95. The highest BCUT2D eigenvalue weighted by atomic mass is 16.6. The van der Waals surface area contributed by atoms with Crippen molar-refractivity contribution in [2.45, 2.75) is 39.2 Å². The number of nitro benzene ring substituents is 1. The third-order valence-corrected chi connectivity index (χ3v) is 3.20. The average Bonchev–Trinajstić information content (AvgIpc) is 2.45. The lowest BCUT2D eigenvalue weighted by Crippen LogP contribution is -2.34. The number of nitrogens with zero attached hydrogens (tertiary/aromatic N) is 1. The van der Waals surface area contributed by atoms with Crippen molar-refractivity contribution >= 4 is 17.3 Å². The molecule has 0 saturated carbocycles. The second kappa shape index (κ2) is 7.47. The Morgan fingerprint density at radius 2 is 2.10 bits per heavy atom. The number of anilines is 1. The minimum absolute atomic E-state index is 0.0938. The first-order chi connectivity index (χ1) is 9.54. The monoisotopic (exact) mass is 279 g/mol. The predicted molar refractivity (Wildman–Crippen MR) is 79.1 cm³/mol. The van der Waals surface area contributed by atoms with E-state index in [1.165, 1.54) is 12.1 Å². The normalized spacial score (nSPS) is 11.8. The van der Waals surface area contributed by atoms with E-state index >= 15 is 0 Å². The summed E-state index contributed by atoms with van der Waals surface area (Å²) in [6.07, 6.45) is 2.71. The Bertz CT molecular complexity index is 489. The van der Waals surface area contributed by atoms with Crippen LogP contribution in [0.15, 0.2) is 18.2 Å². The maximum Gasteiger partial charge on any atom is 0.293 e. The lowest BCUT2D eigenvalue weighted by molar-refractivity contribution is -0.384. The van der Waals surface area contributed by atoms with Gasteiger partial charge in [-0.2, -0.15) is 0 Å². The van der Waals surface area contributed by atoms with Crippen LogP contribution >= 0.6 is 0 Å². The van der Waals surface area contributed by atoms with Crippen molar-refractivity contribution in [3.63, 3.8) is 0 Å². The Balaban J connectivity index is 3.03. The third kappa shape index (κ3) is 3.69. The van der Waals surface area contributed by atoms with Gasteiger partial charge in [-0.05, 0) is 18.9 Å². The molecule has 6 nitrogen and oxygen atoms in total. The van der Waals surface area contributed by atoms with Gasteiger partial charge in [0.1, 0.15) is 5.69 Å². The number of rotatable bonds is 7. The SMILES string of the molecule is CCCC(CC)NC(=O)c1cccc([N+](=O)[O-])c1NC. The van der Waals surface area contributed by atoms with Crippen molar-refractivity contribution in [1.82, 2.24) is 5.32 Å². The molecule has 0 spiro atoms. The molecule has 1 atom stereocenters. The van der Waals surface area contributed by atoms with Gasteiger partial charge in [0.2, 0.25) is 0 Å². The zero-order valence-corrected chi connectivity index (χ0v) is 12.1. The Hall–Kier alpha value is -2.11. The van der Waals surface area contributed by atoms with Crippen LogP contribution in [0, 0.1) is 10.1 Å². The zero-order chi connectivity index (χ0) is 15.1. The van der Waals surface area contributed by atoms with Gasteiger partial charge in [-0.3, -0.25) is 14.9 Å². The fourth-order valence-corrected chi connectivity index (χ4v) is 2.13. The molecule has 0 aliphatic heterocycles. The summed E-state index contributed by atoms with van der Waals surface area (Å²) in [4.78, 5) is 22.7. The summed E-state index contributed by atoms with van der Waals surface area (Å²) >= 11 is 0. The summed E-state index contributed by atoms with van der Waals surface area (Å²) in [5.74, 6) is -0.279. The van der Waals surface area contributed by atoms with E-state index in [1.54, 1.807) is 13.1 Å². The summed E-state index contributed by atoms with van der Waals surface area (Å²) in [7, 11) is 1.57. The van der Waals surface area contributed by atoms with E-state index < -0.39 is 4.92 Å². The van der Waals surface area contributed by atoms with Gasteiger partial charge in [0.15, 0.2) is 0 Å². The molecular weight excluding hydrogens is 258 g/mol. The van der Waals surface area contributed by atoms with Crippen molar-refractivity contribution < 1.29 is 9.72 Å². The average molecular weight is 279 g/mol. The lowest BCUT2D eigenvalue weighted by atomic mass is 10.1. The highest BCUT2D eigenvalue weighted by Gasteiger charge is 2.21. The summed E-state index contributed by atoms with van der Waals surface area (Å²) in [6, 6.07) is 4.59. The highest BCUT2D eigenvalue weighted by Crippen LogP contribution is 2.27. The molecule has 6 heteroatoms. The number of nitrogens with one attached hydrogen (secondary N) is 2. The number of carbonyl (C=O) groups excluding carboxylic acids is 1. The van der Waals surface area contributed by atoms with Gasteiger partial charge in [-0.25, -0.2) is 0 Å². The fraction of sp³-hybridized carbons (Fsp3) is 0.500. The van der Waals surface area contributed by atoms with E-state index in [9.17, 15) is 14.9 Å². The molecule has 0 aliphatic carbocycles. The number of amides is 1. The van der Waals surface area contributed by atoms with Gasteiger partial charge in [0, 0.05) is 19.2 Å². The molecule has 0 aliphatic rings. The van der Waals surface area contributed by atoms with Crippen LogP contribution in [0.4, 0.5) is 11.4 Å². The molecule has 1 aromatic carbocycles. The van der Waals surface area contributed by atoms with Gasteiger partial charge < -0.3 is 10.6 Å². The molecule has 110 valence electrons. The minimum Gasteiger partial charge on any atom is -0.382 e. The molecule has 0 fully saturated rings. The Morgan fingerprint density at radius 1 is 1.40 bits per heavy atom. The van der Waals surface area contributed by atoms with Crippen LogP contribution in [0.25, 0.3) is 0 Å². The maximum absolute atomic E-state index is 12.3. The van der Waals surface area contributed by atoms with Crippen LogP contribution < -0.4 is 10.6 Å². The molecule has 20 heavy (non-hydrogen) atoms.